The number of fused-ring (bicyclic) bond motifs is 1. The van der Waals surface area contributed by atoms with Crippen molar-refractivity contribution < 1.29 is 4.79 Å². The van der Waals surface area contributed by atoms with Crippen LogP contribution in [-0.2, 0) is 13.0 Å². The Kier molecular flexibility index (Phi) is 4.72. The largest absolute Gasteiger partial charge is 0.334 e. The molecule has 0 radical (unpaired) electrons. The second kappa shape index (κ2) is 7.39. The normalized spacial score (nSPS) is 15.9. The van der Waals surface area contributed by atoms with E-state index in [4.69, 9.17) is 33.2 Å². The van der Waals surface area contributed by atoms with Gasteiger partial charge in [-0.3, -0.25) is 4.79 Å². The van der Waals surface area contributed by atoms with Gasteiger partial charge < -0.3 is 4.90 Å². The van der Waals surface area contributed by atoms with Gasteiger partial charge in [0.1, 0.15) is 11.0 Å². The zero-order valence-electron chi connectivity index (χ0n) is 15.6. The van der Waals surface area contributed by atoms with Crippen LogP contribution in [-0.4, -0.2) is 32.3 Å². The fourth-order valence-corrected chi connectivity index (χ4v) is 3.90. The molecular weight excluding hydrogens is 407 g/mol. The number of amides is 1. The molecule has 1 amide bonds. The number of hydrogen-bond acceptors (Lipinski definition) is 4. The van der Waals surface area contributed by atoms with Crippen molar-refractivity contribution in [1.29, 1.82) is 0 Å². The zero-order chi connectivity index (χ0) is 20.0. The lowest BCUT2D eigenvalue weighted by Crippen LogP contribution is -2.37. The summed E-state index contributed by atoms with van der Waals surface area (Å²) >= 11 is 11.9. The minimum atomic E-state index is -0.0619. The first-order valence-electron chi connectivity index (χ1n) is 9.65. The van der Waals surface area contributed by atoms with Crippen LogP contribution in [0.5, 0.6) is 0 Å². The third kappa shape index (κ3) is 3.72. The van der Waals surface area contributed by atoms with E-state index in [0.717, 1.165) is 41.2 Å². The van der Waals surface area contributed by atoms with E-state index in [0.29, 0.717) is 41.2 Å². The molecule has 1 aliphatic heterocycles. The van der Waals surface area contributed by atoms with Crippen molar-refractivity contribution in [2.24, 2.45) is 0 Å². The molecule has 3 heterocycles. The van der Waals surface area contributed by atoms with Crippen molar-refractivity contribution in [2.45, 2.75) is 31.7 Å². The Balaban J connectivity index is 1.52. The molecule has 1 saturated carbocycles. The third-order valence-corrected chi connectivity index (χ3v) is 5.87. The zero-order valence-corrected chi connectivity index (χ0v) is 17.1. The van der Waals surface area contributed by atoms with Gasteiger partial charge in [0.05, 0.1) is 17.0 Å². The van der Waals surface area contributed by atoms with Gasteiger partial charge in [0.2, 0.25) is 0 Å². The maximum absolute atomic E-state index is 13.0. The van der Waals surface area contributed by atoms with Crippen LogP contribution in [0, 0.1) is 0 Å². The topological polar surface area (TPSA) is 59.0 Å². The average molecular weight is 425 g/mol. The highest BCUT2D eigenvalue weighted by Gasteiger charge is 2.31. The average Bonchev–Trinajstić information content (AvgIpc) is 3.59. The van der Waals surface area contributed by atoms with Crippen LogP contribution in [0.15, 0.2) is 42.6 Å². The highest BCUT2D eigenvalue weighted by molar-refractivity contribution is 6.30. The van der Waals surface area contributed by atoms with Crippen molar-refractivity contribution in [3.8, 4) is 11.3 Å². The standard InChI is InChI=1S/C22H18Cl2N4O/c23-16-6-3-13(4-7-16)20-17-12-28(22(29)15-5-8-19(24)25-11-15)10-9-18(17)26-21(27-20)14-1-2-14/h3-8,11,14H,1-2,9-10,12H2. The number of rotatable bonds is 3. The number of carbonyl (C=O) groups is 1. The van der Waals surface area contributed by atoms with Gasteiger partial charge in [-0.25, -0.2) is 15.0 Å². The molecule has 146 valence electrons. The molecule has 0 spiro atoms. The second-order valence-corrected chi connectivity index (χ2v) is 8.31. The summed E-state index contributed by atoms with van der Waals surface area (Å²) in [7, 11) is 0. The fourth-order valence-electron chi connectivity index (χ4n) is 3.66. The predicted octanol–water partition coefficient (Wildman–Crippen LogP) is 4.92. The van der Waals surface area contributed by atoms with E-state index in [2.05, 4.69) is 4.98 Å². The van der Waals surface area contributed by atoms with Crippen molar-refractivity contribution in [3.63, 3.8) is 0 Å². The molecule has 0 atom stereocenters. The number of pyridine rings is 1. The van der Waals surface area contributed by atoms with Crippen molar-refractivity contribution in [1.82, 2.24) is 19.9 Å². The Morgan fingerprint density at radius 2 is 1.83 bits per heavy atom. The number of halogens is 2. The number of hydrogen-bond donors (Lipinski definition) is 0. The van der Waals surface area contributed by atoms with E-state index in [1.807, 2.05) is 29.2 Å². The Labute approximate surface area is 178 Å². The molecule has 0 saturated heterocycles. The molecule has 2 aliphatic rings. The number of aromatic nitrogens is 3. The highest BCUT2D eigenvalue weighted by Crippen LogP contribution is 2.40. The first-order valence-corrected chi connectivity index (χ1v) is 10.4. The number of carbonyl (C=O) groups excluding carboxylic acids is 1. The van der Waals surface area contributed by atoms with E-state index >= 15 is 0 Å². The summed E-state index contributed by atoms with van der Waals surface area (Å²) in [5.74, 6) is 1.33. The Bertz CT molecular complexity index is 1080. The van der Waals surface area contributed by atoms with E-state index < -0.39 is 0 Å². The molecule has 3 aromatic rings. The van der Waals surface area contributed by atoms with Gasteiger partial charge in [0.15, 0.2) is 0 Å². The van der Waals surface area contributed by atoms with E-state index in [1.54, 1.807) is 12.1 Å². The summed E-state index contributed by atoms with van der Waals surface area (Å²) < 4.78 is 0. The predicted molar refractivity (Wildman–Crippen MR) is 112 cm³/mol. The SMILES string of the molecule is O=C(c1ccc(Cl)nc1)N1CCc2nc(C3CC3)nc(-c3ccc(Cl)cc3)c2C1. The summed E-state index contributed by atoms with van der Waals surface area (Å²) in [6, 6.07) is 11.0. The molecule has 0 unspecified atom stereocenters. The van der Waals surface area contributed by atoms with Gasteiger partial charge >= 0.3 is 0 Å². The molecule has 1 fully saturated rings. The van der Waals surface area contributed by atoms with Gasteiger partial charge in [0.25, 0.3) is 5.91 Å². The molecule has 5 rings (SSSR count). The summed E-state index contributed by atoms with van der Waals surface area (Å²) in [5.41, 5.74) is 4.49. The summed E-state index contributed by atoms with van der Waals surface area (Å²) in [5, 5.41) is 1.06. The Hall–Kier alpha value is -2.50. The van der Waals surface area contributed by atoms with E-state index in [1.165, 1.54) is 6.20 Å². The fraction of sp³-hybridized carbons (Fsp3) is 0.273. The molecule has 1 aliphatic carbocycles. The van der Waals surface area contributed by atoms with Gasteiger partial charge in [0, 0.05) is 47.8 Å². The molecule has 0 N–H and O–H groups in total. The molecule has 7 heteroatoms. The monoisotopic (exact) mass is 424 g/mol. The first-order chi connectivity index (χ1) is 14.1. The quantitative estimate of drug-likeness (QED) is 0.559. The van der Waals surface area contributed by atoms with Crippen LogP contribution in [0.1, 0.15) is 46.2 Å². The molecule has 1 aromatic carbocycles. The Morgan fingerprint density at radius 3 is 2.52 bits per heavy atom. The highest BCUT2D eigenvalue weighted by atomic mass is 35.5. The van der Waals surface area contributed by atoms with Crippen molar-refractivity contribution >= 4 is 29.1 Å². The van der Waals surface area contributed by atoms with Crippen LogP contribution < -0.4 is 0 Å². The third-order valence-electron chi connectivity index (χ3n) is 5.40. The maximum atomic E-state index is 13.0. The van der Waals surface area contributed by atoms with Crippen LogP contribution in [0.2, 0.25) is 10.2 Å². The van der Waals surface area contributed by atoms with Crippen LogP contribution in [0.25, 0.3) is 11.3 Å². The summed E-state index contributed by atoms with van der Waals surface area (Å²) in [6.45, 7) is 1.09. The van der Waals surface area contributed by atoms with Crippen LogP contribution >= 0.6 is 23.2 Å². The van der Waals surface area contributed by atoms with Crippen molar-refractivity contribution in [2.75, 3.05) is 6.54 Å². The number of benzene rings is 1. The van der Waals surface area contributed by atoms with Gasteiger partial charge in [-0.05, 0) is 37.1 Å². The van der Waals surface area contributed by atoms with Crippen LogP contribution in [0.3, 0.4) is 0 Å². The molecule has 29 heavy (non-hydrogen) atoms. The second-order valence-electron chi connectivity index (χ2n) is 7.48. The lowest BCUT2D eigenvalue weighted by atomic mass is 9.98. The van der Waals surface area contributed by atoms with E-state index in [9.17, 15) is 4.79 Å². The summed E-state index contributed by atoms with van der Waals surface area (Å²) in [6.07, 6.45) is 4.53. The maximum Gasteiger partial charge on any atom is 0.255 e. The van der Waals surface area contributed by atoms with Crippen LogP contribution in [0.4, 0.5) is 0 Å². The molecule has 0 bridgehead atoms. The minimum absolute atomic E-state index is 0.0619. The lowest BCUT2D eigenvalue weighted by molar-refractivity contribution is 0.0733. The minimum Gasteiger partial charge on any atom is -0.334 e. The summed E-state index contributed by atoms with van der Waals surface area (Å²) in [4.78, 5) is 28.6. The van der Waals surface area contributed by atoms with E-state index in [-0.39, 0.29) is 5.91 Å². The van der Waals surface area contributed by atoms with Gasteiger partial charge in [-0.1, -0.05) is 35.3 Å². The lowest BCUT2D eigenvalue weighted by Gasteiger charge is -2.30. The smallest absolute Gasteiger partial charge is 0.255 e. The number of nitrogens with zero attached hydrogens (tertiary/aromatic N) is 4. The van der Waals surface area contributed by atoms with Crippen molar-refractivity contribution in [3.05, 3.63) is 75.4 Å². The Morgan fingerprint density at radius 1 is 1.03 bits per heavy atom. The molecular formula is C22H18Cl2N4O. The molecule has 5 nitrogen and oxygen atoms in total. The molecule has 2 aromatic heterocycles. The first kappa shape index (κ1) is 18.5. The van der Waals surface area contributed by atoms with Gasteiger partial charge in [-0.15, -0.1) is 0 Å². The van der Waals surface area contributed by atoms with Gasteiger partial charge in [-0.2, -0.15) is 0 Å².